The number of hydrogen-bond donors (Lipinski definition) is 0. The first-order valence-corrected chi connectivity index (χ1v) is 6.85. The van der Waals surface area contributed by atoms with Crippen molar-refractivity contribution in [1.82, 2.24) is 9.59 Å². The average molecular weight is 316 g/mol. The van der Waals surface area contributed by atoms with Crippen molar-refractivity contribution in [2.75, 3.05) is 0 Å². The summed E-state index contributed by atoms with van der Waals surface area (Å²) in [5.74, 6) is -0.459. The van der Waals surface area contributed by atoms with Gasteiger partial charge in [-0.05, 0) is 35.6 Å². The van der Waals surface area contributed by atoms with Crippen LogP contribution in [0.3, 0.4) is 0 Å². The average Bonchev–Trinajstić information content (AvgIpc) is 2.87. The topological polar surface area (TPSA) is 52.1 Å². The lowest BCUT2D eigenvalue weighted by molar-refractivity contribution is -0.274. The fourth-order valence-corrected chi connectivity index (χ4v) is 2.41. The maximum absolute atomic E-state index is 12.1. The highest BCUT2D eigenvalue weighted by molar-refractivity contribution is 7.08. The number of hydrogen-bond acceptors (Lipinski definition) is 5. The van der Waals surface area contributed by atoms with E-state index in [9.17, 15) is 18.0 Å². The molecule has 1 heterocycles. The van der Waals surface area contributed by atoms with Crippen molar-refractivity contribution < 1.29 is 22.7 Å². The second-order valence-electron chi connectivity index (χ2n) is 4.19. The van der Waals surface area contributed by atoms with Gasteiger partial charge in [0.15, 0.2) is 5.78 Å². The van der Waals surface area contributed by atoms with E-state index in [4.69, 9.17) is 0 Å². The highest BCUT2D eigenvalue weighted by Gasteiger charge is 2.31. The summed E-state index contributed by atoms with van der Waals surface area (Å²) < 4.78 is 43.6. The third-order valence-corrected chi connectivity index (χ3v) is 3.47. The summed E-state index contributed by atoms with van der Waals surface area (Å²) in [7, 11) is 0. The normalized spacial score (nSPS) is 11.4. The van der Waals surface area contributed by atoms with E-state index in [0.29, 0.717) is 22.6 Å². The Bertz CT molecular complexity index is 623. The monoisotopic (exact) mass is 316 g/mol. The maximum Gasteiger partial charge on any atom is 0.573 e. The van der Waals surface area contributed by atoms with E-state index < -0.39 is 6.36 Å². The van der Waals surface area contributed by atoms with Gasteiger partial charge < -0.3 is 4.74 Å². The molecule has 0 saturated heterocycles. The number of nitrogens with zero attached hydrogens (tertiary/aromatic N) is 2. The summed E-state index contributed by atoms with van der Waals surface area (Å²) in [6, 6.07) is 5.22. The number of carbonyl (C=O) groups is 1. The number of aromatic nitrogens is 2. The minimum Gasteiger partial charge on any atom is -0.406 e. The van der Waals surface area contributed by atoms with E-state index in [1.807, 2.05) is 6.92 Å². The summed E-state index contributed by atoms with van der Waals surface area (Å²) in [5.41, 5.74) is 1.24. The lowest BCUT2D eigenvalue weighted by Crippen LogP contribution is -2.17. The number of halogens is 3. The number of ether oxygens (including phenoxy) is 1. The van der Waals surface area contributed by atoms with Crippen LogP contribution in [0.2, 0.25) is 0 Å². The predicted octanol–water partition coefficient (Wildman–Crippen LogP) is 3.42. The molecule has 0 fully saturated rings. The van der Waals surface area contributed by atoms with Gasteiger partial charge in [0, 0.05) is 6.42 Å². The molecule has 21 heavy (non-hydrogen) atoms. The molecular weight excluding hydrogens is 305 g/mol. The Morgan fingerprint density at radius 1 is 1.29 bits per heavy atom. The lowest BCUT2D eigenvalue weighted by Gasteiger charge is -2.09. The van der Waals surface area contributed by atoms with E-state index in [2.05, 4.69) is 14.3 Å². The Hall–Kier alpha value is -1.96. The SMILES string of the molecule is CCc1nnsc1C(=O)Cc1ccc(OC(F)(F)F)cc1. The molecule has 0 radical (unpaired) electrons. The molecular formula is C13H11F3N2O2S. The van der Waals surface area contributed by atoms with Gasteiger partial charge in [-0.15, -0.1) is 18.3 Å². The maximum atomic E-state index is 12.1. The lowest BCUT2D eigenvalue weighted by atomic mass is 10.1. The molecule has 0 aliphatic rings. The smallest absolute Gasteiger partial charge is 0.406 e. The zero-order chi connectivity index (χ0) is 15.5. The molecule has 0 aliphatic carbocycles. The van der Waals surface area contributed by atoms with Crippen molar-refractivity contribution in [3.8, 4) is 5.75 Å². The molecule has 112 valence electrons. The van der Waals surface area contributed by atoms with Crippen molar-refractivity contribution in [3.05, 3.63) is 40.4 Å². The summed E-state index contributed by atoms with van der Waals surface area (Å²) in [6.45, 7) is 1.87. The molecule has 8 heteroatoms. The highest BCUT2D eigenvalue weighted by atomic mass is 32.1. The summed E-state index contributed by atoms with van der Waals surface area (Å²) in [6.07, 6.45) is -4.03. The van der Waals surface area contributed by atoms with E-state index in [-0.39, 0.29) is 18.0 Å². The van der Waals surface area contributed by atoms with Gasteiger partial charge >= 0.3 is 6.36 Å². The minimum atomic E-state index is -4.72. The number of benzene rings is 1. The quantitative estimate of drug-likeness (QED) is 0.793. The molecule has 0 bridgehead atoms. The fraction of sp³-hybridized carbons (Fsp3) is 0.308. The van der Waals surface area contributed by atoms with E-state index in [1.165, 1.54) is 24.3 Å². The van der Waals surface area contributed by atoms with Crippen molar-refractivity contribution in [2.24, 2.45) is 0 Å². The second-order valence-corrected chi connectivity index (χ2v) is 4.95. The second kappa shape index (κ2) is 6.21. The number of ketones is 1. The summed E-state index contributed by atoms with van der Waals surface area (Å²) >= 11 is 1.03. The Morgan fingerprint density at radius 3 is 2.52 bits per heavy atom. The van der Waals surface area contributed by atoms with Crippen LogP contribution in [-0.2, 0) is 12.8 Å². The molecule has 1 aromatic carbocycles. The summed E-state index contributed by atoms with van der Waals surface area (Å²) in [5, 5.41) is 3.85. The third kappa shape index (κ3) is 4.25. The van der Waals surface area contributed by atoms with Crippen LogP contribution in [0.1, 0.15) is 27.9 Å². The predicted molar refractivity (Wildman–Crippen MR) is 70.4 cm³/mol. The van der Waals surface area contributed by atoms with E-state index in [1.54, 1.807) is 0 Å². The van der Waals surface area contributed by atoms with Crippen LogP contribution in [-0.4, -0.2) is 21.7 Å². The fourth-order valence-electron chi connectivity index (χ4n) is 1.73. The zero-order valence-corrected chi connectivity index (χ0v) is 11.8. The van der Waals surface area contributed by atoms with Crippen LogP contribution >= 0.6 is 11.5 Å². The van der Waals surface area contributed by atoms with Crippen LogP contribution < -0.4 is 4.74 Å². The van der Waals surface area contributed by atoms with Gasteiger partial charge in [-0.1, -0.05) is 23.5 Å². The van der Waals surface area contributed by atoms with Gasteiger partial charge in [-0.25, -0.2) is 0 Å². The summed E-state index contributed by atoms with van der Waals surface area (Å²) in [4.78, 5) is 12.6. The molecule has 0 N–H and O–H groups in total. The molecule has 4 nitrogen and oxygen atoms in total. The zero-order valence-electron chi connectivity index (χ0n) is 11.0. The minimum absolute atomic E-state index is 0.0865. The largest absolute Gasteiger partial charge is 0.573 e. The number of rotatable bonds is 5. The first-order chi connectivity index (χ1) is 9.89. The third-order valence-electron chi connectivity index (χ3n) is 2.67. The van der Waals surface area contributed by atoms with Gasteiger partial charge in [0.1, 0.15) is 10.6 Å². The molecule has 0 unspecified atom stereocenters. The van der Waals surface area contributed by atoms with Crippen molar-refractivity contribution in [1.29, 1.82) is 0 Å². The number of alkyl halides is 3. The number of carbonyl (C=O) groups excluding carboxylic acids is 1. The molecule has 0 aliphatic heterocycles. The Balaban J connectivity index is 2.05. The number of aryl methyl sites for hydroxylation is 1. The van der Waals surface area contributed by atoms with Crippen LogP contribution in [0.25, 0.3) is 0 Å². The first kappa shape index (κ1) is 15.4. The molecule has 1 aromatic heterocycles. The van der Waals surface area contributed by atoms with Gasteiger partial charge in [0.2, 0.25) is 0 Å². The molecule has 0 saturated carbocycles. The molecule has 2 aromatic rings. The van der Waals surface area contributed by atoms with Crippen LogP contribution in [0.4, 0.5) is 13.2 Å². The van der Waals surface area contributed by atoms with Crippen molar-refractivity contribution in [2.45, 2.75) is 26.1 Å². The highest BCUT2D eigenvalue weighted by Crippen LogP contribution is 2.23. The van der Waals surface area contributed by atoms with Crippen molar-refractivity contribution in [3.63, 3.8) is 0 Å². The van der Waals surface area contributed by atoms with Crippen molar-refractivity contribution >= 4 is 17.3 Å². The van der Waals surface area contributed by atoms with E-state index in [0.717, 1.165) is 11.5 Å². The molecule has 0 spiro atoms. The van der Waals surface area contributed by atoms with Crippen LogP contribution in [0.15, 0.2) is 24.3 Å². The standard InChI is InChI=1S/C13H11F3N2O2S/c1-2-10-12(21-18-17-10)11(19)7-8-3-5-9(6-4-8)20-13(14,15)16/h3-6H,2,7H2,1H3. The Kier molecular flexibility index (Phi) is 4.56. The molecule has 0 atom stereocenters. The van der Waals surface area contributed by atoms with Gasteiger partial charge in [-0.2, -0.15) is 0 Å². The van der Waals surface area contributed by atoms with Crippen LogP contribution in [0, 0.1) is 0 Å². The molecule has 2 rings (SSSR count). The van der Waals surface area contributed by atoms with E-state index >= 15 is 0 Å². The van der Waals surface area contributed by atoms with Gasteiger partial charge in [0.25, 0.3) is 0 Å². The molecule has 0 amide bonds. The van der Waals surface area contributed by atoms with Gasteiger partial charge in [0.05, 0.1) is 5.69 Å². The number of Topliss-reactive ketones (excluding diaryl/α,β-unsaturated/α-hetero) is 1. The Morgan fingerprint density at radius 2 is 1.95 bits per heavy atom. The van der Waals surface area contributed by atoms with Crippen LogP contribution in [0.5, 0.6) is 5.75 Å². The first-order valence-electron chi connectivity index (χ1n) is 6.08. The van der Waals surface area contributed by atoms with Gasteiger partial charge in [-0.3, -0.25) is 4.79 Å². The Labute approximate surface area is 122 Å².